The second kappa shape index (κ2) is 13.3. The van der Waals surface area contributed by atoms with E-state index in [-0.39, 0.29) is 18.8 Å². The van der Waals surface area contributed by atoms with E-state index < -0.39 is 12.0 Å². The van der Waals surface area contributed by atoms with Crippen LogP contribution >= 0.6 is 57.1 Å². The number of nitrogens with zero attached hydrogens (tertiary/aromatic N) is 2. The number of hydrogen-bond donors (Lipinski definition) is 0. The van der Waals surface area contributed by atoms with Crippen molar-refractivity contribution in [2.75, 3.05) is 13.7 Å². The Morgan fingerprint density at radius 3 is 2.53 bits per heavy atom. The molecule has 222 valence electrons. The van der Waals surface area contributed by atoms with Crippen molar-refractivity contribution < 1.29 is 19.0 Å². The fourth-order valence-corrected chi connectivity index (χ4v) is 7.05. The molecular weight excluding hydrogens is 722 g/mol. The van der Waals surface area contributed by atoms with Crippen molar-refractivity contribution in [3.8, 4) is 11.5 Å². The average Bonchev–Trinajstić information content (AvgIpc) is 3.26. The van der Waals surface area contributed by atoms with Crippen LogP contribution in [0.25, 0.3) is 6.08 Å². The van der Waals surface area contributed by atoms with Crippen LogP contribution in [0.2, 0.25) is 10.0 Å². The molecule has 0 aliphatic carbocycles. The van der Waals surface area contributed by atoms with Gasteiger partial charge in [0.2, 0.25) is 0 Å². The molecular formula is C32H27Cl2IN2O5S. The summed E-state index contributed by atoms with van der Waals surface area (Å²) in [4.78, 5) is 32.2. The third kappa shape index (κ3) is 6.55. The molecule has 0 fully saturated rings. The minimum Gasteiger partial charge on any atom is -0.493 e. The van der Waals surface area contributed by atoms with E-state index in [4.69, 9.17) is 37.4 Å². The summed E-state index contributed by atoms with van der Waals surface area (Å²) >= 11 is 15.8. The monoisotopic (exact) mass is 748 g/mol. The normalized spacial score (nSPS) is 14.8. The first kappa shape index (κ1) is 31.3. The molecule has 11 heteroatoms. The SMILES string of the molecule is CCOC(=O)C1=C(C)N=c2s/c(=C\c3cc(I)c(OCc4ccc(Cl)cc4Cl)c(OC)c3)c(=O)n2[C@H]1c1ccc(C)cc1. The second-order valence-corrected chi connectivity index (χ2v) is 12.8. The third-order valence-electron chi connectivity index (χ3n) is 6.85. The average molecular weight is 749 g/mol. The first-order valence-corrected chi connectivity index (χ1v) is 16.0. The number of ether oxygens (including phenoxy) is 3. The van der Waals surface area contributed by atoms with Gasteiger partial charge < -0.3 is 14.2 Å². The molecule has 0 radical (unpaired) electrons. The number of carbonyl (C=O) groups excluding carboxylic acids is 1. The van der Waals surface area contributed by atoms with E-state index in [1.165, 1.54) is 11.3 Å². The number of allylic oxidation sites excluding steroid dienone is 1. The second-order valence-electron chi connectivity index (χ2n) is 9.77. The summed E-state index contributed by atoms with van der Waals surface area (Å²) in [7, 11) is 1.56. The van der Waals surface area contributed by atoms with Crippen LogP contribution in [0.15, 0.2) is 75.7 Å². The third-order valence-corrected chi connectivity index (χ3v) is 9.22. The van der Waals surface area contributed by atoms with Crippen LogP contribution in [-0.4, -0.2) is 24.3 Å². The van der Waals surface area contributed by atoms with Crippen molar-refractivity contribution in [2.45, 2.75) is 33.4 Å². The molecule has 43 heavy (non-hydrogen) atoms. The molecule has 3 aromatic carbocycles. The Morgan fingerprint density at radius 1 is 1.12 bits per heavy atom. The van der Waals surface area contributed by atoms with Crippen LogP contribution in [0, 0.1) is 10.5 Å². The maximum atomic E-state index is 14.0. The van der Waals surface area contributed by atoms with Crippen LogP contribution < -0.4 is 24.4 Å². The van der Waals surface area contributed by atoms with Gasteiger partial charge in [0.25, 0.3) is 5.56 Å². The molecule has 0 saturated heterocycles. The van der Waals surface area contributed by atoms with Crippen LogP contribution in [0.5, 0.6) is 11.5 Å². The number of methoxy groups -OCH3 is 1. The standard InChI is InChI=1S/C32H27Cl2IN2O5S/c1-5-41-31(39)27-18(3)36-32-37(28(27)20-8-6-17(2)7-9-20)30(38)26(43-32)14-19-12-24(35)29(25(13-19)40-4)42-16-21-10-11-22(33)15-23(21)34/h6-15,28H,5,16H2,1-4H3/b26-14-/t28-/m0/s1. The fraction of sp³-hybridized carbons (Fsp3) is 0.219. The summed E-state index contributed by atoms with van der Waals surface area (Å²) < 4.78 is 20.0. The Bertz CT molecular complexity index is 1930. The zero-order valence-corrected chi connectivity index (χ0v) is 28.2. The molecule has 5 rings (SSSR count). The predicted molar refractivity (Wildman–Crippen MR) is 178 cm³/mol. The van der Waals surface area contributed by atoms with Crippen molar-refractivity contribution >= 4 is 69.2 Å². The number of benzene rings is 3. The van der Waals surface area contributed by atoms with Crippen LogP contribution in [0.4, 0.5) is 0 Å². The lowest BCUT2D eigenvalue weighted by atomic mass is 9.95. The molecule has 7 nitrogen and oxygen atoms in total. The molecule has 1 aromatic heterocycles. The van der Waals surface area contributed by atoms with Gasteiger partial charge in [0.15, 0.2) is 16.3 Å². The van der Waals surface area contributed by atoms with Gasteiger partial charge in [0.05, 0.1) is 39.1 Å². The quantitative estimate of drug-likeness (QED) is 0.150. The minimum absolute atomic E-state index is 0.216. The van der Waals surface area contributed by atoms with Crippen LogP contribution in [0.3, 0.4) is 0 Å². The predicted octanol–water partition coefficient (Wildman–Crippen LogP) is 6.61. The molecule has 0 saturated carbocycles. The summed E-state index contributed by atoms with van der Waals surface area (Å²) in [6.07, 6.45) is 1.80. The zero-order valence-electron chi connectivity index (χ0n) is 23.7. The number of carbonyl (C=O) groups is 1. The number of halogens is 3. The van der Waals surface area contributed by atoms with E-state index in [2.05, 4.69) is 27.6 Å². The molecule has 4 aromatic rings. The Kier molecular flexibility index (Phi) is 9.65. The molecule has 1 aliphatic heterocycles. The summed E-state index contributed by atoms with van der Waals surface area (Å²) in [6, 6.07) is 16.1. The van der Waals surface area contributed by atoms with Crippen molar-refractivity contribution in [3.63, 3.8) is 0 Å². The summed E-state index contributed by atoms with van der Waals surface area (Å²) in [6.45, 7) is 5.95. The van der Waals surface area contributed by atoms with Crippen LogP contribution in [-0.2, 0) is 16.1 Å². The molecule has 0 spiro atoms. The highest BCUT2D eigenvalue weighted by Gasteiger charge is 2.33. The summed E-state index contributed by atoms with van der Waals surface area (Å²) in [5, 5.41) is 1.06. The fourth-order valence-electron chi connectivity index (χ4n) is 4.76. The first-order chi connectivity index (χ1) is 20.6. The summed E-state index contributed by atoms with van der Waals surface area (Å²) in [5.41, 5.74) is 4.02. The van der Waals surface area contributed by atoms with E-state index in [1.54, 1.807) is 43.7 Å². The molecule has 0 unspecified atom stereocenters. The number of rotatable bonds is 8. The largest absolute Gasteiger partial charge is 0.493 e. The Labute approximate surface area is 276 Å². The Balaban J connectivity index is 1.56. The van der Waals surface area contributed by atoms with Gasteiger partial charge in [-0.2, -0.15) is 0 Å². The topological polar surface area (TPSA) is 79.1 Å². The minimum atomic E-state index is -0.664. The Morgan fingerprint density at radius 2 is 1.86 bits per heavy atom. The van der Waals surface area contributed by atoms with Crippen molar-refractivity contribution in [3.05, 3.63) is 121 Å². The highest BCUT2D eigenvalue weighted by Crippen LogP contribution is 2.36. The molecule has 2 heterocycles. The molecule has 0 N–H and O–H groups in total. The highest BCUT2D eigenvalue weighted by molar-refractivity contribution is 14.1. The molecule has 1 aliphatic rings. The van der Waals surface area contributed by atoms with Crippen molar-refractivity contribution in [1.82, 2.24) is 4.57 Å². The van der Waals surface area contributed by atoms with E-state index in [9.17, 15) is 9.59 Å². The van der Waals surface area contributed by atoms with Gasteiger partial charge in [0, 0.05) is 15.6 Å². The maximum Gasteiger partial charge on any atom is 0.338 e. The first-order valence-electron chi connectivity index (χ1n) is 13.3. The molecule has 1 atom stereocenters. The number of aryl methyl sites for hydroxylation is 1. The van der Waals surface area contributed by atoms with E-state index in [0.717, 1.165) is 25.8 Å². The van der Waals surface area contributed by atoms with Gasteiger partial charge in [-0.3, -0.25) is 9.36 Å². The van der Waals surface area contributed by atoms with Gasteiger partial charge in [0.1, 0.15) is 6.61 Å². The lowest BCUT2D eigenvalue weighted by Crippen LogP contribution is -2.39. The Hall–Kier alpha value is -3.12. The van der Waals surface area contributed by atoms with Crippen molar-refractivity contribution in [1.29, 1.82) is 0 Å². The lowest BCUT2D eigenvalue weighted by Gasteiger charge is -2.24. The number of fused-ring (bicyclic) bond motifs is 1. The number of thiazole rings is 1. The van der Waals surface area contributed by atoms with Gasteiger partial charge >= 0.3 is 5.97 Å². The summed E-state index contributed by atoms with van der Waals surface area (Å²) in [5.74, 6) is 0.578. The van der Waals surface area contributed by atoms with Gasteiger partial charge in [-0.05, 0) is 84.8 Å². The number of hydrogen-bond acceptors (Lipinski definition) is 7. The number of esters is 1. The van der Waals surface area contributed by atoms with Crippen LogP contribution in [0.1, 0.15) is 42.1 Å². The van der Waals surface area contributed by atoms with E-state index >= 15 is 0 Å². The highest BCUT2D eigenvalue weighted by atomic mass is 127. The van der Waals surface area contributed by atoms with Gasteiger partial charge in [-0.1, -0.05) is 70.4 Å². The number of aromatic nitrogens is 1. The van der Waals surface area contributed by atoms with Gasteiger partial charge in [-0.15, -0.1) is 0 Å². The smallest absolute Gasteiger partial charge is 0.338 e. The molecule has 0 bridgehead atoms. The lowest BCUT2D eigenvalue weighted by molar-refractivity contribution is -0.139. The van der Waals surface area contributed by atoms with Gasteiger partial charge in [-0.25, -0.2) is 9.79 Å². The van der Waals surface area contributed by atoms with E-state index in [0.29, 0.717) is 42.1 Å². The molecule has 0 amide bonds. The zero-order chi connectivity index (χ0) is 30.8. The maximum absolute atomic E-state index is 14.0. The van der Waals surface area contributed by atoms with E-state index in [1.807, 2.05) is 49.4 Å². The van der Waals surface area contributed by atoms with Crippen molar-refractivity contribution in [2.24, 2.45) is 4.99 Å².